The van der Waals surface area contributed by atoms with Crippen LogP contribution in [-0.2, 0) is 66.6 Å². The number of rotatable bonds is 13. The summed E-state index contributed by atoms with van der Waals surface area (Å²) in [4.78, 5) is 56.9. The van der Waals surface area contributed by atoms with Crippen LogP contribution in [0.15, 0.2) is 48.5 Å². The van der Waals surface area contributed by atoms with Gasteiger partial charge in [0.15, 0.2) is 6.10 Å². The van der Waals surface area contributed by atoms with Crippen LogP contribution in [0.3, 0.4) is 0 Å². The number of phenols is 1. The molecule has 0 radical (unpaired) electrons. The topological polar surface area (TPSA) is 360 Å². The number of phenolic OH excluding ortho intramolecular Hbond substituents is 1. The van der Waals surface area contributed by atoms with E-state index in [0.717, 1.165) is 6.42 Å². The van der Waals surface area contributed by atoms with Gasteiger partial charge in [-0.25, -0.2) is 0 Å². The predicted molar refractivity (Wildman–Crippen MR) is 251 cm³/mol. The van der Waals surface area contributed by atoms with Crippen LogP contribution in [0.25, 0.3) is 0 Å². The average molecular weight is 1060 g/mol. The molecule has 6 rings (SSSR count). The summed E-state index contributed by atoms with van der Waals surface area (Å²) in [6.45, 7) is 12.8. The number of aliphatic hydroxyl groups excluding tert-OH is 8. The first-order chi connectivity index (χ1) is 34.9. The predicted octanol–water partition coefficient (Wildman–Crippen LogP) is 0.306. The summed E-state index contributed by atoms with van der Waals surface area (Å²) >= 11 is 0. The van der Waals surface area contributed by atoms with Crippen molar-refractivity contribution in [3.05, 3.63) is 59.7 Å². The van der Waals surface area contributed by atoms with Gasteiger partial charge < -0.3 is 93.3 Å². The minimum absolute atomic E-state index is 0.0911. The fourth-order valence-electron chi connectivity index (χ4n) is 9.08. The van der Waals surface area contributed by atoms with Gasteiger partial charge in [-0.2, -0.15) is 0 Å². The third-order valence-electron chi connectivity index (χ3n) is 12.7. The number of hydrogen-bond donors (Lipinski definition) is 9. The van der Waals surface area contributed by atoms with Crippen molar-refractivity contribution in [3.63, 3.8) is 0 Å². The summed E-state index contributed by atoms with van der Waals surface area (Å²) in [6, 6.07) is 12.6. The Morgan fingerprint density at radius 1 is 0.473 bits per heavy atom. The lowest BCUT2D eigenvalue weighted by Gasteiger charge is -2.44. The van der Waals surface area contributed by atoms with Crippen LogP contribution in [0.1, 0.15) is 98.5 Å². The van der Waals surface area contributed by atoms with Gasteiger partial charge in [0.05, 0.1) is 25.4 Å². The molecule has 4 aliphatic rings. The number of esters is 5. The zero-order chi connectivity index (χ0) is 55.3. The van der Waals surface area contributed by atoms with Crippen LogP contribution < -0.4 is 4.74 Å². The highest BCUT2D eigenvalue weighted by atomic mass is 16.7. The normalized spacial score (nSPS) is 35.7. The summed E-state index contributed by atoms with van der Waals surface area (Å²) < 4.78 is 54.6. The molecular formula is C50H72O24. The van der Waals surface area contributed by atoms with Crippen LogP contribution in [-0.4, -0.2) is 187 Å². The Hall–Kier alpha value is -5.09. The summed E-state index contributed by atoms with van der Waals surface area (Å²) in [7, 11) is 0. The Morgan fingerprint density at radius 2 is 0.892 bits per heavy atom. The standard InChI is InChI=1S/C18H26O11.C18H24O6.C14H22O7/c19-5-9-11(21)13(23)15(25)17(28-9)7-2-1-3-8(4-7)27-18-16(26)14(24)12(22)10(6-20)29-18;1-5-15-10(2)16(22-11(3)19)18(23-12(4)20)17(24-15)13-7-6-8-14(21)9-13;1-6-11-7(2)12(18-8(3)15)13(19-9(4)16)14(21-11)20-10(5)17/h1-4,9-26H,5-6H2;6-10,15-18,21H,5H2,1-4H3;7,11-14H,6H2,1-5H3/t9-,10-,11-,12-,13+,14+,15+,16+,17-,18+;10-,15-,16+,17-,18+;7-,11-,12+,13+,14+/m111/s1. The lowest BCUT2D eigenvalue weighted by Crippen LogP contribution is -2.60. The van der Waals surface area contributed by atoms with Crippen molar-refractivity contribution in [2.24, 2.45) is 11.8 Å². The molecule has 0 aliphatic carbocycles. The third kappa shape index (κ3) is 16.0. The molecule has 9 N–H and O–H groups in total. The maximum atomic E-state index is 11.6. The van der Waals surface area contributed by atoms with Gasteiger partial charge in [-0.05, 0) is 48.2 Å². The first kappa shape index (κ1) is 61.5. The number of ether oxygens (including phenoxy) is 10. The zero-order valence-corrected chi connectivity index (χ0v) is 42.6. The highest BCUT2D eigenvalue weighted by Gasteiger charge is 2.51. The number of carbonyl (C=O) groups is 5. The second kappa shape index (κ2) is 28.2. The van der Waals surface area contributed by atoms with Crippen LogP contribution in [0.4, 0.5) is 0 Å². The van der Waals surface area contributed by atoms with Crippen molar-refractivity contribution in [1.82, 2.24) is 0 Å². The van der Waals surface area contributed by atoms with E-state index < -0.39 is 141 Å². The van der Waals surface area contributed by atoms with E-state index in [4.69, 9.17) is 47.4 Å². The molecule has 4 heterocycles. The van der Waals surface area contributed by atoms with Gasteiger partial charge in [0.2, 0.25) is 18.7 Å². The average Bonchev–Trinajstić information content (AvgIpc) is 3.34. The van der Waals surface area contributed by atoms with E-state index in [9.17, 15) is 69.9 Å². The second-order valence-electron chi connectivity index (χ2n) is 18.3. The number of aromatic hydroxyl groups is 1. The van der Waals surface area contributed by atoms with E-state index >= 15 is 0 Å². The molecule has 2 aromatic rings. The molecule has 0 saturated carbocycles. The minimum Gasteiger partial charge on any atom is -0.508 e. The summed E-state index contributed by atoms with van der Waals surface area (Å²) in [5, 5.41) is 88.1. The summed E-state index contributed by atoms with van der Waals surface area (Å²) in [6.07, 6.45) is -17.8. The lowest BCUT2D eigenvalue weighted by atomic mass is 9.84. The Labute approximate surface area is 427 Å². The maximum absolute atomic E-state index is 11.6. The van der Waals surface area contributed by atoms with Crippen LogP contribution in [0.2, 0.25) is 0 Å². The Morgan fingerprint density at radius 3 is 1.39 bits per heavy atom. The number of carbonyl (C=O) groups excluding carboxylic acids is 5. The van der Waals surface area contributed by atoms with Gasteiger partial charge >= 0.3 is 29.8 Å². The van der Waals surface area contributed by atoms with Crippen LogP contribution >= 0.6 is 0 Å². The van der Waals surface area contributed by atoms with E-state index in [0.29, 0.717) is 17.5 Å². The molecule has 24 nitrogen and oxygen atoms in total. The second-order valence-corrected chi connectivity index (χ2v) is 18.3. The van der Waals surface area contributed by atoms with Gasteiger partial charge in [-0.15, -0.1) is 0 Å². The highest BCUT2D eigenvalue weighted by molar-refractivity contribution is 5.69. The van der Waals surface area contributed by atoms with Crippen molar-refractivity contribution in [2.45, 2.75) is 185 Å². The monoisotopic (exact) mass is 1060 g/mol. The lowest BCUT2D eigenvalue weighted by molar-refractivity contribution is -0.281. The quantitative estimate of drug-likeness (QED) is 0.0962. The SMILES string of the molecule is CC[C@H]1O[C@H](OC(C)=O)[C@@H](OC(C)=O)[C@@H](OC(C)=O)[C@@H]1C.CC[C@H]1O[C@H](c2cccc(O)c2)[C@@H](OC(C)=O)[C@@H](OC(C)=O)[C@@H]1C.OC[C@H]1O[C@H](Oc2cccc([C@H]3O[C@H](CO)[C@@H](O)[C@H](O)[C@@H]3O)c2)[C@@H](O)[C@@H](O)[C@@H]1O. The van der Waals surface area contributed by atoms with Gasteiger partial charge in [0.1, 0.15) is 84.7 Å². The first-order valence-corrected chi connectivity index (χ1v) is 24.2. The van der Waals surface area contributed by atoms with Crippen molar-refractivity contribution in [1.29, 1.82) is 0 Å². The molecule has 0 bridgehead atoms. The Bertz CT molecular complexity index is 2140. The number of hydrogen-bond acceptors (Lipinski definition) is 24. The molecule has 20 atom stereocenters. The van der Waals surface area contributed by atoms with Gasteiger partial charge in [0, 0.05) is 46.5 Å². The maximum Gasteiger partial charge on any atom is 0.305 e. The molecular weight excluding hydrogens is 985 g/mol. The fourth-order valence-corrected chi connectivity index (χ4v) is 9.08. The smallest absolute Gasteiger partial charge is 0.305 e. The molecule has 4 aliphatic heterocycles. The van der Waals surface area contributed by atoms with Crippen molar-refractivity contribution < 1.29 is 117 Å². The summed E-state index contributed by atoms with van der Waals surface area (Å²) in [5.74, 6) is -2.64. The van der Waals surface area contributed by atoms with E-state index in [-0.39, 0.29) is 35.5 Å². The van der Waals surface area contributed by atoms with E-state index in [2.05, 4.69) is 0 Å². The molecule has 74 heavy (non-hydrogen) atoms. The largest absolute Gasteiger partial charge is 0.508 e. The first-order valence-electron chi connectivity index (χ1n) is 24.2. The molecule has 4 saturated heterocycles. The minimum atomic E-state index is -1.60. The van der Waals surface area contributed by atoms with Crippen molar-refractivity contribution in [3.8, 4) is 11.5 Å². The van der Waals surface area contributed by atoms with Crippen molar-refractivity contribution >= 4 is 29.8 Å². The number of aliphatic hydroxyl groups is 8. The third-order valence-corrected chi connectivity index (χ3v) is 12.7. The fraction of sp³-hybridized carbons (Fsp3) is 0.660. The Balaban J connectivity index is 0.000000244. The highest BCUT2D eigenvalue weighted by Crippen LogP contribution is 2.41. The molecule has 24 heteroatoms. The van der Waals surface area contributed by atoms with Crippen molar-refractivity contribution in [2.75, 3.05) is 13.2 Å². The molecule has 4 fully saturated rings. The summed E-state index contributed by atoms with van der Waals surface area (Å²) in [5.41, 5.74) is 1.02. The van der Waals surface area contributed by atoms with Gasteiger partial charge in [-0.3, -0.25) is 24.0 Å². The zero-order valence-electron chi connectivity index (χ0n) is 42.6. The molecule has 0 amide bonds. The van der Waals surface area contributed by atoms with Crippen LogP contribution in [0, 0.1) is 11.8 Å². The van der Waals surface area contributed by atoms with Gasteiger partial charge in [-0.1, -0.05) is 52.0 Å². The molecule has 0 unspecified atom stereocenters. The van der Waals surface area contributed by atoms with Gasteiger partial charge in [0.25, 0.3) is 0 Å². The van der Waals surface area contributed by atoms with E-state index in [1.807, 2.05) is 27.7 Å². The Kier molecular flexibility index (Phi) is 23.4. The molecule has 0 aromatic heterocycles. The van der Waals surface area contributed by atoms with Crippen LogP contribution in [0.5, 0.6) is 11.5 Å². The van der Waals surface area contributed by atoms with E-state index in [1.165, 1.54) is 52.8 Å². The molecule has 2 aromatic carbocycles. The molecule has 0 spiro atoms. The number of benzene rings is 2. The van der Waals surface area contributed by atoms with E-state index in [1.54, 1.807) is 30.3 Å². The molecule has 416 valence electrons.